The molecule has 94 valence electrons. The monoisotopic (exact) mass is 252 g/mol. The van der Waals surface area contributed by atoms with Crippen LogP contribution in [0.1, 0.15) is 0 Å². The molecule has 2 amide bonds. The SMILES string of the molecule is O=C(Nc1cccnc1)Nc1ccc2[nH]ccc2c1. The van der Waals surface area contributed by atoms with Crippen molar-refractivity contribution in [2.75, 3.05) is 10.6 Å². The Morgan fingerprint density at radius 3 is 2.84 bits per heavy atom. The number of benzene rings is 1. The fraction of sp³-hybridized carbons (Fsp3) is 0. The molecule has 0 unspecified atom stereocenters. The lowest BCUT2D eigenvalue weighted by atomic mass is 10.2. The van der Waals surface area contributed by atoms with Crippen LogP contribution in [0.5, 0.6) is 0 Å². The molecule has 1 aromatic carbocycles. The van der Waals surface area contributed by atoms with Crippen molar-refractivity contribution in [1.82, 2.24) is 9.97 Å². The molecular weight excluding hydrogens is 240 g/mol. The number of rotatable bonds is 2. The van der Waals surface area contributed by atoms with Crippen molar-refractivity contribution in [2.24, 2.45) is 0 Å². The Morgan fingerprint density at radius 1 is 1.11 bits per heavy atom. The highest BCUT2D eigenvalue weighted by Gasteiger charge is 2.03. The lowest BCUT2D eigenvalue weighted by molar-refractivity contribution is 0.262. The maximum absolute atomic E-state index is 11.8. The number of hydrogen-bond acceptors (Lipinski definition) is 2. The van der Waals surface area contributed by atoms with Crippen molar-refractivity contribution in [3.63, 3.8) is 0 Å². The Kier molecular flexibility index (Phi) is 2.86. The van der Waals surface area contributed by atoms with E-state index in [1.165, 1.54) is 0 Å². The smallest absolute Gasteiger partial charge is 0.323 e. The third-order valence-corrected chi connectivity index (χ3v) is 2.73. The first kappa shape index (κ1) is 11.3. The third kappa shape index (κ3) is 2.55. The summed E-state index contributed by atoms with van der Waals surface area (Å²) in [5.74, 6) is 0. The molecule has 3 rings (SSSR count). The summed E-state index contributed by atoms with van der Waals surface area (Å²) in [6.45, 7) is 0. The van der Waals surface area contributed by atoms with E-state index in [9.17, 15) is 4.79 Å². The van der Waals surface area contributed by atoms with Crippen molar-refractivity contribution in [1.29, 1.82) is 0 Å². The average molecular weight is 252 g/mol. The summed E-state index contributed by atoms with van der Waals surface area (Å²) >= 11 is 0. The minimum Gasteiger partial charge on any atom is -0.361 e. The number of urea groups is 1. The molecule has 0 saturated heterocycles. The Morgan fingerprint density at radius 2 is 2.00 bits per heavy atom. The predicted octanol–water partition coefficient (Wildman–Crippen LogP) is 3.21. The normalized spacial score (nSPS) is 10.3. The number of nitrogens with zero attached hydrogens (tertiary/aromatic N) is 1. The molecule has 2 heterocycles. The molecule has 3 aromatic rings. The van der Waals surface area contributed by atoms with Gasteiger partial charge in [-0.2, -0.15) is 0 Å². The number of aromatic nitrogens is 2. The number of nitrogens with one attached hydrogen (secondary N) is 3. The van der Waals surface area contributed by atoms with Crippen molar-refractivity contribution in [2.45, 2.75) is 0 Å². The van der Waals surface area contributed by atoms with Gasteiger partial charge in [0.15, 0.2) is 0 Å². The van der Waals surface area contributed by atoms with E-state index in [2.05, 4.69) is 20.6 Å². The number of hydrogen-bond donors (Lipinski definition) is 3. The number of fused-ring (bicyclic) bond motifs is 1. The van der Waals surface area contributed by atoms with E-state index >= 15 is 0 Å². The minimum absolute atomic E-state index is 0.289. The van der Waals surface area contributed by atoms with E-state index in [1.54, 1.807) is 24.5 Å². The predicted molar refractivity (Wildman–Crippen MR) is 75.2 cm³/mol. The first-order valence-electron chi connectivity index (χ1n) is 5.86. The number of carbonyl (C=O) groups excluding carboxylic acids is 1. The number of aromatic amines is 1. The van der Waals surface area contributed by atoms with E-state index in [0.717, 1.165) is 16.6 Å². The van der Waals surface area contributed by atoms with Crippen LogP contribution in [0.25, 0.3) is 10.9 Å². The van der Waals surface area contributed by atoms with E-state index in [4.69, 9.17) is 0 Å². The van der Waals surface area contributed by atoms with Gasteiger partial charge in [-0.25, -0.2) is 4.79 Å². The topological polar surface area (TPSA) is 69.8 Å². The van der Waals surface area contributed by atoms with Gasteiger partial charge in [0.05, 0.1) is 11.9 Å². The maximum Gasteiger partial charge on any atom is 0.323 e. The van der Waals surface area contributed by atoms with E-state index in [1.807, 2.05) is 30.5 Å². The molecule has 0 aliphatic rings. The first-order chi connectivity index (χ1) is 9.31. The maximum atomic E-state index is 11.8. The minimum atomic E-state index is -0.289. The lowest BCUT2D eigenvalue weighted by Gasteiger charge is -2.07. The van der Waals surface area contributed by atoms with Crippen LogP contribution in [0.3, 0.4) is 0 Å². The molecule has 2 aromatic heterocycles. The van der Waals surface area contributed by atoms with Crippen LogP contribution < -0.4 is 10.6 Å². The summed E-state index contributed by atoms with van der Waals surface area (Å²) in [6, 6.07) is 10.9. The quantitative estimate of drug-likeness (QED) is 0.655. The van der Waals surface area contributed by atoms with Crippen LogP contribution in [0.2, 0.25) is 0 Å². The second kappa shape index (κ2) is 4.81. The van der Waals surface area contributed by atoms with Crippen molar-refractivity contribution in [3.05, 3.63) is 55.0 Å². The van der Waals surface area contributed by atoms with Crippen LogP contribution in [0.15, 0.2) is 55.0 Å². The standard InChI is InChI=1S/C14H12N4O/c19-14(18-12-2-1-6-15-9-12)17-11-3-4-13-10(8-11)5-7-16-13/h1-9,16H,(H2,17,18,19). The second-order valence-corrected chi connectivity index (χ2v) is 4.10. The van der Waals surface area contributed by atoms with Gasteiger partial charge in [0, 0.05) is 29.0 Å². The summed E-state index contributed by atoms with van der Waals surface area (Å²) < 4.78 is 0. The zero-order valence-electron chi connectivity index (χ0n) is 10.1. The van der Waals surface area contributed by atoms with Gasteiger partial charge in [0.1, 0.15) is 0 Å². The summed E-state index contributed by atoms with van der Waals surface area (Å²) in [5.41, 5.74) is 2.44. The fourth-order valence-electron chi connectivity index (χ4n) is 1.86. The molecule has 0 atom stereocenters. The first-order valence-corrected chi connectivity index (χ1v) is 5.86. The van der Waals surface area contributed by atoms with Crippen LogP contribution >= 0.6 is 0 Å². The van der Waals surface area contributed by atoms with Crippen LogP contribution in [0.4, 0.5) is 16.2 Å². The van der Waals surface area contributed by atoms with Gasteiger partial charge < -0.3 is 15.6 Å². The van der Waals surface area contributed by atoms with Gasteiger partial charge >= 0.3 is 6.03 Å². The molecule has 19 heavy (non-hydrogen) atoms. The molecule has 5 heteroatoms. The fourth-order valence-corrected chi connectivity index (χ4v) is 1.86. The zero-order valence-corrected chi connectivity index (χ0v) is 10.1. The molecule has 0 spiro atoms. The summed E-state index contributed by atoms with van der Waals surface area (Å²) in [5, 5.41) is 6.55. The van der Waals surface area contributed by atoms with Gasteiger partial charge in [0.25, 0.3) is 0 Å². The lowest BCUT2D eigenvalue weighted by Crippen LogP contribution is -2.19. The summed E-state index contributed by atoms with van der Waals surface area (Å²) in [7, 11) is 0. The molecular formula is C14H12N4O. The van der Waals surface area contributed by atoms with Crippen LogP contribution in [-0.4, -0.2) is 16.0 Å². The molecule has 0 aliphatic carbocycles. The highest BCUT2D eigenvalue weighted by molar-refractivity contribution is 6.00. The van der Waals surface area contributed by atoms with Gasteiger partial charge in [-0.05, 0) is 36.4 Å². The number of carbonyl (C=O) groups is 1. The van der Waals surface area contributed by atoms with Crippen molar-refractivity contribution in [3.8, 4) is 0 Å². The molecule has 0 fully saturated rings. The Balaban J connectivity index is 1.72. The molecule has 0 bridgehead atoms. The molecule has 0 aliphatic heterocycles. The van der Waals surface area contributed by atoms with E-state index in [0.29, 0.717) is 5.69 Å². The van der Waals surface area contributed by atoms with Gasteiger partial charge in [-0.1, -0.05) is 0 Å². The summed E-state index contributed by atoms with van der Waals surface area (Å²) in [4.78, 5) is 18.8. The number of pyridine rings is 1. The Hall–Kier alpha value is -2.82. The Labute approximate surface area is 109 Å². The summed E-state index contributed by atoms with van der Waals surface area (Å²) in [6.07, 6.45) is 5.11. The van der Waals surface area contributed by atoms with E-state index < -0.39 is 0 Å². The van der Waals surface area contributed by atoms with Crippen LogP contribution in [0, 0.1) is 0 Å². The zero-order chi connectivity index (χ0) is 13.1. The van der Waals surface area contributed by atoms with Gasteiger partial charge in [-0.3, -0.25) is 4.98 Å². The van der Waals surface area contributed by atoms with Gasteiger partial charge in [-0.15, -0.1) is 0 Å². The Bertz CT molecular complexity index is 706. The van der Waals surface area contributed by atoms with Crippen molar-refractivity contribution >= 4 is 28.3 Å². The van der Waals surface area contributed by atoms with Crippen LogP contribution in [-0.2, 0) is 0 Å². The largest absolute Gasteiger partial charge is 0.361 e. The van der Waals surface area contributed by atoms with Gasteiger partial charge in [0.2, 0.25) is 0 Å². The number of amides is 2. The molecule has 5 nitrogen and oxygen atoms in total. The molecule has 0 radical (unpaired) electrons. The average Bonchev–Trinajstić information content (AvgIpc) is 2.87. The molecule has 0 saturated carbocycles. The number of H-pyrrole nitrogens is 1. The van der Waals surface area contributed by atoms with Crippen molar-refractivity contribution < 1.29 is 4.79 Å². The molecule has 3 N–H and O–H groups in total. The third-order valence-electron chi connectivity index (χ3n) is 2.73. The highest BCUT2D eigenvalue weighted by Crippen LogP contribution is 2.18. The number of anilines is 2. The van der Waals surface area contributed by atoms with E-state index in [-0.39, 0.29) is 6.03 Å². The highest BCUT2D eigenvalue weighted by atomic mass is 16.2. The second-order valence-electron chi connectivity index (χ2n) is 4.10.